The third-order valence-electron chi connectivity index (χ3n) is 4.67. The fraction of sp³-hybridized carbons (Fsp3) is 0.381. The van der Waals surface area contributed by atoms with E-state index in [1.54, 1.807) is 11.3 Å². The van der Waals surface area contributed by atoms with Crippen LogP contribution in [0.5, 0.6) is 11.5 Å². The van der Waals surface area contributed by atoms with Gasteiger partial charge in [0.05, 0.1) is 29.9 Å². The van der Waals surface area contributed by atoms with Gasteiger partial charge in [0.15, 0.2) is 17.3 Å². The monoisotopic (exact) mass is 444 g/mol. The van der Waals surface area contributed by atoms with Crippen LogP contribution in [0.3, 0.4) is 0 Å². The molecule has 1 aromatic carbocycles. The molecule has 1 aliphatic rings. The molecule has 3 heterocycles. The lowest BCUT2D eigenvalue weighted by Crippen LogP contribution is -2.33. The van der Waals surface area contributed by atoms with Crippen molar-refractivity contribution in [1.82, 2.24) is 20.5 Å². The maximum atomic E-state index is 12.6. The Labute approximate surface area is 183 Å². The van der Waals surface area contributed by atoms with E-state index in [-0.39, 0.29) is 23.6 Å². The number of fused-ring (bicyclic) bond motifs is 1. The number of rotatable bonds is 7. The van der Waals surface area contributed by atoms with Crippen LogP contribution in [0.2, 0.25) is 0 Å². The summed E-state index contributed by atoms with van der Waals surface area (Å²) >= 11 is 2.91. The first-order valence-corrected chi connectivity index (χ1v) is 11.7. The molecule has 2 N–H and O–H groups in total. The number of amides is 1. The number of benzene rings is 1. The van der Waals surface area contributed by atoms with E-state index < -0.39 is 0 Å². The third-order valence-corrected chi connectivity index (χ3v) is 6.39. The predicted molar refractivity (Wildman–Crippen MR) is 118 cm³/mol. The maximum Gasteiger partial charge on any atom is 0.230 e. The van der Waals surface area contributed by atoms with Crippen molar-refractivity contribution in [3.05, 3.63) is 41.3 Å². The molecule has 0 aliphatic carbocycles. The molecular weight excluding hydrogens is 420 g/mol. The number of H-pyrrole nitrogens is 1. The molecular formula is C21H24N4O3S2. The van der Waals surface area contributed by atoms with Crippen molar-refractivity contribution in [2.45, 2.75) is 31.5 Å². The van der Waals surface area contributed by atoms with E-state index >= 15 is 0 Å². The van der Waals surface area contributed by atoms with Gasteiger partial charge < -0.3 is 14.8 Å². The molecule has 30 heavy (non-hydrogen) atoms. The lowest BCUT2D eigenvalue weighted by atomic mass is 9.95. The molecule has 3 aromatic rings. The van der Waals surface area contributed by atoms with Gasteiger partial charge in [0.1, 0.15) is 0 Å². The predicted octanol–water partition coefficient (Wildman–Crippen LogP) is 4.30. The zero-order valence-electron chi connectivity index (χ0n) is 16.9. The highest BCUT2D eigenvalue weighted by molar-refractivity contribution is 7.99. The fourth-order valence-corrected chi connectivity index (χ4v) is 4.46. The molecule has 2 aromatic heterocycles. The van der Waals surface area contributed by atoms with E-state index in [1.165, 1.54) is 11.8 Å². The minimum atomic E-state index is -0.121. The molecule has 0 bridgehead atoms. The van der Waals surface area contributed by atoms with Gasteiger partial charge in [-0.25, -0.2) is 4.98 Å². The Morgan fingerprint density at radius 3 is 2.87 bits per heavy atom. The van der Waals surface area contributed by atoms with Crippen LogP contribution in [0, 0.1) is 5.92 Å². The van der Waals surface area contributed by atoms with Gasteiger partial charge in [-0.05, 0) is 35.1 Å². The summed E-state index contributed by atoms with van der Waals surface area (Å²) in [4.78, 5) is 18.1. The van der Waals surface area contributed by atoms with Crippen LogP contribution < -0.4 is 14.8 Å². The van der Waals surface area contributed by atoms with E-state index in [2.05, 4.69) is 34.3 Å². The fourth-order valence-electron chi connectivity index (χ4n) is 3.19. The normalized spacial score (nSPS) is 14.4. The van der Waals surface area contributed by atoms with Crippen LogP contribution in [0.1, 0.15) is 31.9 Å². The second kappa shape index (κ2) is 9.53. The van der Waals surface area contributed by atoms with Gasteiger partial charge in [0.2, 0.25) is 11.1 Å². The zero-order valence-corrected chi connectivity index (χ0v) is 18.5. The molecule has 0 saturated carbocycles. The number of carbonyl (C=O) groups is 1. The SMILES string of the molecule is CC(C)C(NC(=O)CSc1n[nH]c(-c2cccs2)n1)c1ccc2c(c1)OCCCO2. The first-order chi connectivity index (χ1) is 14.6. The Bertz CT molecular complexity index is 988. The Kier molecular flexibility index (Phi) is 6.59. The first-order valence-electron chi connectivity index (χ1n) is 9.88. The van der Waals surface area contributed by atoms with Gasteiger partial charge in [-0.15, -0.1) is 16.4 Å². The van der Waals surface area contributed by atoms with Gasteiger partial charge in [-0.3, -0.25) is 9.89 Å². The Morgan fingerprint density at radius 2 is 2.10 bits per heavy atom. The summed E-state index contributed by atoms with van der Waals surface area (Å²) < 4.78 is 11.5. The van der Waals surface area contributed by atoms with Crippen molar-refractivity contribution in [3.63, 3.8) is 0 Å². The van der Waals surface area contributed by atoms with Crippen molar-refractivity contribution in [3.8, 4) is 22.2 Å². The summed E-state index contributed by atoms with van der Waals surface area (Å²) in [7, 11) is 0. The zero-order chi connectivity index (χ0) is 20.9. The highest BCUT2D eigenvalue weighted by Crippen LogP contribution is 2.34. The van der Waals surface area contributed by atoms with E-state index in [1.807, 2.05) is 35.7 Å². The quantitative estimate of drug-likeness (QED) is 0.528. The number of nitrogens with one attached hydrogen (secondary N) is 2. The van der Waals surface area contributed by atoms with Gasteiger partial charge in [-0.2, -0.15) is 0 Å². The minimum Gasteiger partial charge on any atom is -0.490 e. The first kappa shape index (κ1) is 20.7. The van der Waals surface area contributed by atoms with Crippen molar-refractivity contribution in [2.24, 2.45) is 5.92 Å². The van der Waals surface area contributed by atoms with E-state index in [0.717, 1.165) is 34.2 Å². The average Bonchev–Trinajstić information content (AvgIpc) is 3.38. The van der Waals surface area contributed by atoms with Gasteiger partial charge in [0.25, 0.3) is 0 Å². The Balaban J connectivity index is 1.38. The largest absolute Gasteiger partial charge is 0.490 e. The highest BCUT2D eigenvalue weighted by atomic mass is 32.2. The summed E-state index contributed by atoms with van der Waals surface area (Å²) in [5, 5.41) is 12.8. The number of hydrogen-bond donors (Lipinski definition) is 2. The molecule has 1 aliphatic heterocycles. The van der Waals surface area contributed by atoms with Gasteiger partial charge in [-0.1, -0.05) is 37.7 Å². The van der Waals surface area contributed by atoms with Gasteiger partial charge in [0, 0.05) is 6.42 Å². The molecule has 1 unspecified atom stereocenters. The van der Waals surface area contributed by atoms with Crippen LogP contribution in [-0.4, -0.2) is 40.1 Å². The average molecular weight is 445 g/mol. The molecule has 0 saturated heterocycles. The van der Waals surface area contributed by atoms with Crippen LogP contribution in [0.25, 0.3) is 10.7 Å². The summed E-state index contributed by atoms with van der Waals surface area (Å²) in [6, 6.07) is 9.72. The third kappa shape index (κ3) is 4.96. The second-order valence-electron chi connectivity index (χ2n) is 7.28. The lowest BCUT2D eigenvalue weighted by Gasteiger charge is -2.23. The van der Waals surface area contributed by atoms with Crippen LogP contribution in [-0.2, 0) is 4.79 Å². The topological polar surface area (TPSA) is 89.1 Å². The van der Waals surface area contributed by atoms with Crippen LogP contribution >= 0.6 is 23.1 Å². The van der Waals surface area contributed by atoms with Gasteiger partial charge >= 0.3 is 0 Å². The Morgan fingerprint density at radius 1 is 1.27 bits per heavy atom. The highest BCUT2D eigenvalue weighted by Gasteiger charge is 2.21. The molecule has 0 fully saturated rings. The molecule has 0 spiro atoms. The second-order valence-corrected chi connectivity index (χ2v) is 9.17. The number of hydrogen-bond acceptors (Lipinski definition) is 7. The summed E-state index contributed by atoms with van der Waals surface area (Å²) in [6.45, 7) is 5.46. The van der Waals surface area contributed by atoms with Crippen LogP contribution in [0.15, 0.2) is 40.9 Å². The van der Waals surface area contributed by atoms with Crippen molar-refractivity contribution in [1.29, 1.82) is 0 Å². The molecule has 9 heteroatoms. The molecule has 1 amide bonds. The minimum absolute atomic E-state index is 0.0618. The van der Waals surface area contributed by atoms with Crippen molar-refractivity contribution < 1.29 is 14.3 Å². The molecule has 4 rings (SSSR count). The number of thiophene rings is 1. The molecule has 7 nitrogen and oxygen atoms in total. The van der Waals surface area contributed by atoms with E-state index in [9.17, 15) is 4.79 Å². The van der Waals surface area contributed by atoms with E-state index in [0.29, 0.717) is 18.4 Å². The van der Waals surface area contributed by atoms with Crippen LogP contribution in [0.4, 0.5) is 0 Å². The molecule has 0 radical (unpaired) electrons. The smallest absolute Gasteiger partial charge is 0.230 e. The van der Waals surface area contributed by atoms with Crippen molar-refractivity contribution >= 4 is 29.0 Å². The number of carbonyl (C=O) groups excluding carboxylic acids is 1. The number of aromatic nitrogens is 3. The number of aromatic amines is 1. The Hall–Kier alpha value is -2.52. The summed E-state index contributed by atoms with van der Waals surface area (Å²) in [5.74, 6) is 2.62. The summed E-state index contributed by atoms with van der Waals surface area (Å²) in [5.41, 5.74) is 1.01. The maximum absolute atomic E-state index is 12.6. The standard InChI is InChI=1S/C21H24N4O3S2/c1-13(2)19(14-6-7-15-16(11-14)28-9-4-8-27-15)22-18(26)12-30-21-23-20(24-25-21)17-5-3-10-29-17/h3,5-7,10-11,13,19H,4,8-9,12H2,1-2H3,(H,22,26)(H,23,24,25). The number of thioether (sulfide) groups is 1. The molecule has 158 valence electrons. The van der Waals surface area contributed by atoms with E-state index in [4.69, 9.17) is 9.47 Å². The molecule has 1 atom stereocenters. The number of nitrogens with zero attached hydrogens (tertiary/aromatic N) is 2. The number of ether oxygens (including phenoxy) is 2. The van der Waals surface area contributed by atoms with Crippen molar-refractivity contribution in [2.75, 3.05) is 19.0 Å². The summed E-state index contributed by atoms with van der Waals surface area (Å²) in [6.07, 6.45) is 0.862. The lowest BCUT2D eigenvalue weighted by molar-refractivity contribution is -0.119.